The Morgan fingerprint density at radius 2 is 1.47 bits per heavy atom. The molecule has 0 unspecified atom stereocenters. The van der Waals surface area contributed by atoms with Gasteiger partial charge in [-0.3, -0.25) is 14.4 Å². The Hall–Kier alpha value is -4.23. The smallest absolute Gasteiger partial charge is 0.322 e. The van der Waals surface area contributed by atoms with Gasteiger partial charge in [-0.1, -0.05) is 60.1 Å². The fraction of sp³-hybridized carbons (Fsp3) is 0. The average Bonchev–Trinajstić information content (AvgIpc) is 2.81. The van der Waals surface area contributed by atoms with Crippen LogP contribution in [0.2, 0.25) is 5.02 Å². The van der Waals surface area contributed by atoms with Crippen LogP contribution in [-0.4, -0.2) is 23.9 Å². The minimum atomic E-state index is -0.970. The summed E-state index contributed by atoms with van der Waals surface area (Å²) in [6.45, 7) is 0. The molecule has 0 aliphatic rings. The summed E-state index contributed by atoms with van der Waals surface area (Å²) in [7, 11) is 0. The number of allylic oxidation sites excluding steroid dienone is 1. The fourth-order valence-electron chi connectivity index (χ4n) is 2.61. The first-order chi connectivity index (χ1) is 15.5. The third-order valence-corrected chi connectivity index (χ3v) is 4.40. The first kappa shape index (κ1) is 22.5. The van der Waals surface area contributed by atoms with Crippen molar-refractivity contribution in [1.29, 1.82) is 0 Å². The molecule has 0 heterocycles. The minimum absolute atomic E-state index is 0.187. The van der Waals surface area contributed by atoms with Crippen molar-refractivity contribution in [3.8, 4) is 0 Å². The van der Waals surface area contributed by atoms with E-state index >= 15 is 0 Å². The third-order valence-electron chi connectivity index (χ3n) is 4.14. The van der Waals surface area contributed by atoms with Crippen molar-refractivity contribution in [2.45, 2.75) is 0 Å². The summed E-state index contributed by atoms with van der Waals surface area (Å²) in [4.78, 5) is 36.8. The predicted octanol–water partition coefficient (Wildman–Crippen LogP) is 4.35. The number of nitrogens with zero attached hydrogens (tertiary/aromatic N) is 1. The average molecular weight is 447 g/mol. The second-order valence-corrected chi connectivity index (χ2v) is 6.89. The van der Waals surface area contributed by atoms with Crippen LogP contribution in [0.1, 0.15) is 15.9 Å². The van der Waals surface area contributed by atoms with Gasteiger partial charge in [-0.25, -0.2) is 5.43 Å². The Kier molecular flexibility index (Phi) is 7.89. The molecule has 0 aliphatic heterocycles. The highest BCUT2D eigenvalue weighted by molar-refractivity contribution is 6.40. The molecule has 3 aromatic rings. The van der Waals surface area contributed by atoms with Gasteiger partial charge in [0.15, 0.2) is 0 Å². The van der Waals surface area contributed by atoms with Gasteiger partial charge in [-0.2, -0.15) is 5.10 Å². The lowest BCUT2D eigenvalue weighted by molar-refractivity contribution is -0.136. The fourth-order valence-corrected chi connectivity index (χ4v) is 2.73. The van der Waals surface area contributed by atoms with Crippen molar-refractivity contribution in [1.82, 2.24) is 5.43 Å². The monoisotopic (exact) mass is 446 g/mol. The predicted molar refractivity (Wildman–Crippen MR) is 127 cm³/mol. The van der Waals surface area contributed by atoms with E-state index in [4.69, 9.17) is 11.6 Å². The van der Waals surface area contributed by atoms with Gasteiger partial charge in [0.05, 0.1) is 11.3 Å². The van der Waals surface area contributed by atoms with Crippen LogP contribution in [0, 0.1) is 0 Å². The van der Waals surface area contributed by atoms with Gasteiger partial charge in [-0.15, -0.1) is 0 Å². The molecule has 3 N–H and O–H groups in total. The Morgan fingerprint density at radius 3 is 2.22 bits per heavy atom. The van der Waals surface area contributed by atoms with Crippen LogP contribution in [0.5, 0.6) is 0 Å². The number of anilines is 2. The van der Waals surface area contributed by atoms with Crippen LogP contribution in [-0.2, 0) is 9.59 Å². The van der Waals surface area contributed by atoms with E-state index in [1.54, 1.807) is 48.6 Å². The number of amides is 3. The molecule has 8 heteroatoms. The number of carbonyl (C=O) groups excluding carboxylic acids is 3. The zero-order valence-corrected chi connectivity index (χ0v) is 17.5. The highest BCUT2D eigenvalue weighted by Crippen LogP contribution is 2.19. The van der Waals surface area contributed by atoms with Crippen molar-refractivity contribution < 1.29 is 14.4 Å². The molecule has 7 nitrogen and oxygen atoms in total. The van der Waals surface area contributed by atoms with Crippen LogP contribution in [0.15, 0.2) is 90.0 Å². The molecule has 0 aliphatic carbocycles. The van der Waals surface area contributed by atoms with E-state index in [2.05, 4.69) is 21.2 Å². The molecule has 160 valence electrons. The standard InChI is InChI=1S/C24H19ClN4O3/c25-18-12-14-19(15-13-18)27-22(30)20-10-4-5-11-21(20)28-23(31)24(32)29-26-16-6-9-17-7-2-1-3-8-17/h1-16H,(H,27,30)(H,28,31)(H,29,32)/b9-6+,26-16-. The number of hydrazone groups is 1. The first-order valence-corrected chi connectivity index (χ1v) is 9.93. The highest BCUT2D eigenvalue weighted by atomic mass is 35.5. The van der Waals surface area contributed by atoms with Gasteiger partial charge in [0, 0.05) is 16.9 Å². The van der Waals surface area contributed by atoms with Crippen molar-refractivity contribution >= 4 is 53.0 Å². The zero-order chi connectivity index (χ0) is 22.8. The highest BCUT2D eigenvalue weighted by Gasteiger charge is 2.17. The number of carbonyl (C=O) groups is 3. The molecule has 0 spiro atoms. The van der Waals surface area contributed by atoms with E-state index in [-0.39, 0.29) is 11.3 Å². The normalized spacial score (nSPS) is 10.8. The SMILES string of the molecule is O=C(N/N=C\C=C\c1ccccc1)C(=O)Nc1ccccc1C(=O)Nc1ccc(Cl)cc1. The quantitative estimate of drug-likeness (QED) is 0.298. The van der Waals surface area contributed by atoms with Crippen LogP contribution in [0.3, 0.4) is 0 Å². The first-order valence-electron chi connectivity index (χ1n) is 9.55. The molecule has 3 amide bonds. The molecule has 0 saturated carbocycles. The minimum Gasteiger partial charge on any atom is -0.322 e. The van der Waals surface area contributed by atoms with E-state index < -0.39 is 17.7 Å². The molecule has 3 aromatic carbocycles. The summed E-state index contributed by atoms with van der Waals surface area (Å²) in [6, 6.07) is 22.5. The number of para-hydroxylation sites is 1. The summed E-state index contributed by atoms with van der Waals surface area (Å²) in [6.07, 6.45) is 4.78. The van der Waals surface area contributed by atoms with Crippen LogP contribution in [0.4, 0.5) is 11.4 Å². The maximum Gasteiger partial charge on any atom is 0.329 e. The lowest BCUT2D eigenvalue weighted by atomic mass is 10.1. The lowest BCUT2D eigenvalue weighted by Gasteiger charge is -2.11. The van der Waals surface area contributed by atoms with Crippen molar-refractivity contribution in [2.24, 2.45) is 5.10 Å². The summed E-state index contributed by atoms with van der Waals surface area (Å²) in [5.74, 6) is -2.38. The number of rotatable bonds is 6. The third kappa shape index (κ3) is 6.65. The molecule has 0 radical (unpaired) electrons. The number of nitrogens with one attached hydrogen (secondary N) is 3. The summed E-state index contributed by atoms with van der Waals surface area (Å²) < 4.78 is 0. The van der Waals surface area contributed by atoms with E-state index in [1.165, 1.54) is 18.3 Å². The Morgan fingerprint density at radius 1 is 0.781 bits per heavy atom. The molecule has 0 bridgehead atoms. The van der Waals surface area contributed by atoms with Gasteiger partial charge in [0.1, 0.15) is 0 Å². The van der Waals surface area contributed by atoms with Gasteiger partial charge in [0.25, 0.3) is 5.91 Å². The summed E-state index contributed by atoms with van der Waals surface area (Å²) in [5, 5.41) is 9.39. The number of halogens is 1. The molecular formula is C24H19ClN4O3. The maximum atomic E-state index is 12.6. The maximum absolute atomic E-state index is 12.6. The Balaban J connectivity index is 1.58. The molecular weight excluding hydrogens is 428 g/mol. The van der Waals surface area contributed by atoms with Crippen LogP contribution >= 0.6 is 11.6 Å². The van der Waals surface area contributed by atoms with Crippen molar-refractivity contribution in [3.63, 3.8) is 0 Å². The number of benzene rings is 3. The second-order valence-electron chi connectivity index (χ2n) is 6.45. The van der Waals surface area contributed by atoms with E-state index in [0.717, 1.165) is 5.56 Å². The van der Waals surface area contributed by atoms with Crippen LogP contribution in [0.25, 0.3) is 6.08 Å². The Labute approximate surface area is 189 Å². The zero-order valence-electron chi connectivity index (χ0n) is 16.8. The van der Waals surface area contributed by atoms with E-state index in [0.29, 0.717) is 10.7 Å². The Bertz CT molecular complexity index is 1160. The van der Waals surface area contributed by atoms with Crippen molar-refractivity contribution in [2.75, 3.05) is 10.6 Å². The van der Waals surface area contributed by atoms with Crippen molar-refractivity contribution in [3.05, 3.63) is 101 Å². The molecule has 32 heavy (non-hydrogen) atoms. The lowest BCUT2D eigenvalue weighted by Crippen LogP contribution is -2.33. The van der Waals surface area contributed by atoms with Gasteiger partial charge >= 0.3 is 11.8 Å². The van der Waals surface area contributed by atoms with Gasteiger partial charge in [0.2, 0.25) is 0 Å². The van der Waals surface area contributed by atoms with E-state index in [9.17, 15) is 14.4 Å². The van der Waals surface area contributed by atoms with Gasteiger partial charge in [-0.05, 0) is 48.0 Å². The van der Waals surface area contributed by atoms with Crippen LogP contribution < -0.4 is 16.1 Å². The molecule has 0 aromatic heterocycles. The molecule has 3 rings (SSSR count). The molecule has 0 fully saturated rings. The summed E-state index contributed by atoms with van der Waals surface area (Å²) in [5.41, 5.74) is 4.02. The molecule has 0 saturated heterocycles. The topological polar surface area (TPSA) is 99.7 Å². The largest absolute Gasteiger partial charge is 0.329 e. The van der Waals surface area contributed by atoms with Gasteiger partial charge < -0.3 is 10.6 Å². The number of hydrogen-bond acceptors (Lipinski definition) is 4. The molecule has 0 atom stereocenters. The summed E-state index contributed by atoms with van der Waals surface area (Å²) >= 11 is 5.85. The number of hydrogen-bond donors (Lipinski definition) is 3. The second kappa shape index (κ2) is 11.2. The van der Waals surface area contributed by atoms with E-state index in [1.807, 2.05) is 30.3 Å².